The molecule has 0 aliphatic carbocycles. The van der Waals surface area contributed by atoms with Crippen LogP contribution in [-0.4, -0.2) is 26.0 Å². The van der Waals surface area contributed by atoms with Gasteiger partial charge in [-0.1, -0.05) is 52.4 Å². The first-order valence-electron chi connectivity index (χ1n) is 8.31. The number of carbonyl (C=O) groups is 1. The first-order chi connectivity index (χ1) is 10.0. The van der Waals surface area contributed by atoms with Crippen molar-refractivity contribution in [3.05, 3.63) is 6.33 Å². The standard InChI is InChI=1S/C16H30N4O/c1-5-7-9-10-12-14(11-8-6-2)15(21)16(3,4)20-13-17-18-19-20/h13-14H,5-12H2,1-4H3. The largest absolute Gasteiger partial charge is 0.297 e. The smallest absolute Gasteiger partial charge is 0.163 e. The van der Waals surface area contributed by atoms with Crippen LogP contribution < -0.4 is 0 Å². The van der Waals surface area contributed by atoms with E-state index in [9.17, 15) is 4.79 Å². The van der Waals surface area contributed by atoms with Crippen LogP contribution in [0.2, 0.25) is 0 Å². The molecule has 1 heterocycles. The number of nitrogens with zero attached hydrogens (tertiary/aromatic N) is 4. The highest BCUT2D eigenvalue weighted by atomic mass is 16.1. The minimum absolute atomic E-state index is 0.126. The lowest BCUT2D eigenvalue weighted by Gasteiger charge is -2.28. The van der Waals surface area contributed by atoms with Gasteiger partial charge in [-0.25, -0.2) is 4.68 Å². The number of tetrazole rings is 1. The molecular weight excluding hydrogens is 264 g/mol. The van der Waals surface area contributed by atoms with E-state index in [1.54, 1.807) is 4.68 Å². The highest BCUT2D eigenvalue weighted by Gasteiger charge is 2.35. The summed E-state index contributed by atoms with van der Waals surface area (Å²) in [6.45, 7) is 8.21. The van der Waals surface area contributed by atoms with Crippen LogP contribution in [-0.2, 0) is 10.3 Å². The maximum absolute atomic E-state index is 12.9. The highest BCUT2D eigenvalue weighted by molar-refractivity contribution is 5.87. The number of rotatable bonds is 11. The van der Waals surface area contributed by atoms with E-state index in [-0.39, 0.29) is 11.7 Å². The Bertz CT molecular complexity index is 400. The average molecular weight is 294 g/mol. The van der Waals surface area contributed by atoms with Crippen LogP contribution in [0.1, 0.15) is 79.1 Å². The van der Waals surface area contributed by atoms with Crippen molar-refractivity contribution in [3.63, 3.8) is 0 Å². The number of hydrogen-bond acceptors (Lipinski definition) is 4. The molecule has 1 aromatic heterocycles. The SMILES string of the molecule is CCCCCCC(CCCC)C(=O)C(C)(C)n1cnnn1. The first-order valence-corrected chi connectivity index (χ1v) is 8.31. The molecule has 1 aromatic rings. The summed E-state index contributed by atoms with van der Waals surface area (Å²) in [5, 5.41) is 11.2. The lowest BCUT2D eigenvalue weighted by Crippen LogP contribution is -2.40. The van der Waals surface area contributed by atoms with Crippen LogP contribution >= 0.6 is 0 Å². The van der Waals surface area contributed by atoms with Gasteiger partial charge >= 0.3 is 0 Å². The molecular formula is C16H30N4O. The molecule has 0 N–H and O–H groups in total. The molecule has 120 valence electrons. The van der Waals surface area contributed by atoms with Crippen LogP contribution in [0.25, 0.3) is 0 Å². The molecule has 1 atom stereocenters. The van der Waals surface area contributed by atoms with E-state index < -0.39 is 5.54 Å². The van der Waals surface area contributed by atoms with Crippen molar-refractivity contribution >= 4 is 5.78 Å². The van der Waals surface area contributed by atoms with E-state index in [1.165, 1.54) is 25.6 Å². The number of unbranched alkanes of at least 4 members (excludes halogenated alkanes) is 4. The van der Waals surface area contributed by atoms with Crippen LogP contribution in [0, 0.1) is 5.92 Å². The first kappa shape index (κ1) is 17.8. The van der Waals surface area contributed by atoms with Gasteiger partial charge in [-0.2, -0.15) is 0 Å². The van der Waals surface area contributed by atoms with E-state index in [0.717, 1.165) is 32.1 Å². The molecule has 0 fully saturated rings. The Balaban J connectivity index is 2.69. The summed E-state index contributed by atoms with van der Waals surface area (Å²) in [4.78, 5) is 12.9. The summed E-state index contributed by atoms with van der Waals surface area (Å²) in [5.74, 6) is 0.390. The summed E-state index contributed by atoms with van der Waals surface area (Å²) in [6.07, 6.45) is 10.6. The Kier molecular flexibility index (Phi) is 7.54. The van der Waals surface area contributed by atoms with Crippen molar-refractivity contribution in [1.29, 1.82) is 0 Å². The highest BCUT2D eigenvalue weighted by Crippen LogP contribution is 2.27. The molecule has 1 rings (SSSR count). The summed E-state index contributed by atoms with van der Waals surface area (Å²) in [7, 11) is 0. The van der Waals surface area contributed by atoms with Crippen molar-refractivity contribution in [2.24, 2.45) is 5.92 Å². The molecule has 0 saturated carbocycles. The van der Waals surface area contributed by atoms with Gasteiger partial charge in [-0.3, -0.25) is 4.79 Å². The minimum Gasteiger partial charge on any atom is -0.297 e. The normalized spacial score (nSPS) is 13.3. The average Bonchev–Trinajstić information content (AvgIpc) is 3.01. The third-order valence-corrected chi connectivity index (χ3v) is 4.21. The summed E-state index contributed by atoms with van der Waals surface area (Å²) < 4.78 is 1.58. The fraction of sp³-hybridized carbons (Fsp3) is 0.875. The maximum atomic E-state index is 12.9. The fourth-order valence-electron chi connectivity index (χ4n) is 2.70. The van der Waals surface area contributed by atoms with E-state index in [4.69, 9.17) is 0 Å². The van der Waals surface area contributed by atoms with Crippen molar-refractivity contribution < 1.29 is 4.79 Å². The Hall–Kier alpha value is -1.26. The Morgan fingerprint density at radius 3 is 2.33 bits per heavy atom. The molecule has 0 saturated heterocycles. The molecule has 0 aromatic carbocycles. The predicted octanol–water partition coefficient (Wildman–Crippen LogP) is 3.75. The van der Waals surface area contributed by atoms with Gasteiger partial charge in [-0.15, -0.1) is 5.10 Å². The van der Waals surface area contributed by atoms with Crippen molar-refractivity contribution in [1.82, 2.24) is 20.2 Å². The molecule has 21 heavy (non-hydrogen) atoms. The number of Topliss-reactive ketones (excluding diaryl/α,β-unsaturated/α-hetero) is 1. The van der Waals surface area contributed by atoms with Gasteiger partial charge in [0.2, 0.25) is 0 Å². The summed E-state index contributed by atoms with van der Waals surface area (Å²) >= 11 is 0. The molecule has 0 spiro atoms. The van der Waals surface area contributed by atoms with Crippen molar-refractivity contribution in [2.45, 2.75) is 84.6 Å². The van der Waals surface area contributed by atoms with E-state index in [2.05, 4.69) is 29.4 Å². The van der Waals surface area contributed by atoms with Gasteiger partial charge in [-0.05, 0) is 37.1 Å². The molecule has 5 heteroatoms. The zero-order chi connectivity index (χ0) is 15.7. The zero-order valence-corrected chi connectivity index (χ0v) is 14.0. The molecule has 1 unspecified atom stereocenters. The second-order valence-corrected chi connectivity index (χ2v) is 6.37. The fourth-order valence-corrected chi connectivity index (χ4v) is 2.70. The topological polar surface area (TPSA) is 60.7 Å². The second-order valence-electron chi connectivity index (χ2n) is 6.37. The van der Waals surface area contributed by atoms with Crippen LogP contribution in [0.4, 0.5) is 0 Å². The Labute approximate surface area is 128 Å². The quantitative estimate of drug-likeness (QED) is 0.583. The second kappa shape index (κ2) is 8.90. The number of carbonyl (C=O) groups excluding carboxylic acids is 1. The van der Waals surface area contributed by atoms with Crippen molar-refractivity contribution in [2.75, 3.05) is 0 Å². The molecule has 0 amide bonds. The monoisotopic (exact) mass is 294 g/mol. The van der Waals surface area contributed by atoms with Crippen molar-refractivity contribution in [3.8, 4) is 0 Å². The minimum atomic E-state index is -0.660. The van der Waals surface area contributed by atoms with Gasteiger partial charge in [0, 0.05) is 5.92 Å². The molecule has 0 radical (unpaired) electrons. The lowest BCUT2D eigenvalue weighted by molar-refractivity contribution is -0.131. The summed E-state index contributed by atoms with van der Waals surface area (Å²) in [5.41, 5.74) is -0.660. The van der Waals surface area contributed by atoms with Gasteiger partial charge in [0.25, 0.3) is 0 Å². The van der Waals surface area contributed by atoms with E-state index >= 15 is 0 Å². The van der Waals surface area contributed by atoms with Gasteiger partial charge in [0.05, 0.1) is 0 Å². The van der Waals surface area contributed by atoms with Gasteiger partial charge in [0.1, 0.15) is 11.9 Å². The zero-order valence-electron chi connectivity index (χ0n) is 14.0. The molecule has 0 aliphatic rings. The molecule has 5 nitrogen and oxygen atoms in total. The lowest BCUT2D eigenvalue weighted by atomic mass is 9.82. The number of aromatic nitrogens is 4. The van der Waals surface area contributed by atoms with E-state index in [0.29, 0.717) is 0 Å². The number of hydrogen-bond donors (Lipinski definition) is 0. The third-order valence-electron chi connectivity index (χ3n) is 4.21. The Morgan fingerprint density at radius 1 is 1.10 bits per heavy atom. The predicted molar refractivity (Wildman–Crippen MR) is 83.9 cm³/mol. The third kappa shape index (κ3) is 5.21. The van der Waals surface area contributed by atoms with E-state index in [1.807, 2.05) is 13.8 Å². The number of ketones is 1. The Morgan fingerprint density at radius 2 is 1.76 bits per heavy atom. The molecule has 0 bridgehead atoms. The maximum Gasteiger partial charge on any atom is 0.163 e. The summed E-state index contributed by atoms with van der Waals surface area (Å²) in [6, 6.07) is 0. The van der Waals surface area contributed by atoms with Gasteiger partial charge < -0.3 is 0 Å². The van der Waals surface area contributed by atoms with Crippen LogP contribution in [0.5, 0.6) is 0 Å². The molecule has 0 aliphatic heterocycles. The van der Waals surface area contributed by atoms with Gasteiger partial charge in [0.15, 0.2) is 5.78 Å². The van der Waals surface area contributed by atoms with Crippen LogP contribution in [0.3, 0.4) is 0 Å². The van der Waals surface area contributed by atoms with Crippen LogP contribution in [0.15, 0.2) is 6.33 Å².